The van der Waals surface area contributed by atoms with Crippen molar-refractivity contribution in [1.29, 1.82) is 0 Å². The second-order valence-corrected chi connectivity index (χ2v) is 8.45. The lowest BCUT2D eigenvalue weighted by atomic mass is 10.1. The molecule has 0 radical (unpaired) electrons. The Morgan fingerprint density at radius 1 is 0.970 bits per heavy atom. The first-order chi connectivity index (χ1) is 15.9. The molecule has 1 atom stereocenters. The Morgan fingerprint density at radius 3 is 2.45 bits per heavy atom. The van der Waals surface area contributed by atoms with E-state index in [1.54, 1.807) is 18.9 Å². The van der Waals surface area contributed by atoms with Crippen LogP contribution in [-0.4, -0.2) is 43.0 Å². The number of carbonyl (C=O) groups is 2. The maximum absolute atomic E-state index is 13.3. The fourth-order valence-corrected chi connectivity index (χ4v) is 3.55. The van der Waals surface area contributed by atoms with Gasteiger partial charge in [-0.1, -0.05) is 62.4 Å². The summed E-state index contributed by atoms with van der Waals surface area (Å²) in [4.78, 5) is 27.6. The molecule has 0 saturated heterocycles. The lowest BCUT2D eigenvalue weighted by Gasteiger charge is -2.29. The Bertz CT molecular complexity index is 1090. The average Bonchev–Trinajstić information content (AvgIpc) is 2.83. The van der Waals surface area contributed by atoms with Crippen LogP contribution in [0, 0.1) is 5.92 Å². The summed E-state index contributed by atoms with van der Waals surface area (Å²) in [5.41, 5.74) is 0.872. The number of hydrogen-bond donors (Lipinski definition) is 1. The first kappa shape index (κ1) is 24.1. The van der Waals surface area contributed by atoms with Gasteiger partial charge in [-0.25, -0.2) is 0 Å². The summed E-state index contributed by atoms with van der Waals surface area (Å²) in [5, 5.41) is 4.90. The predicted molar refractivity (Wildman–Crippen MR) is 130 cm³/mol. The maximum atomic E-state index is 13.3. The lowest BCUT2D eigenvalue weighted by molar-refractivity contribution is -0.142. The molecule has 3 aromatic rings. The van der Waals surface area contributed by atoms with Gasteiger partial charge in [-0.2, -0.15) is 0 Å². The van der Waals surface area contributed by atoms with E-state index in [-0.39, 0.29) is 25.0 Å². The van der Waals surface area contributed by atoms with Crippen LogP contribution in [0.5, 0.6) is 11.5 Å². The standard InChI is InChI=1S/C27H32N2O4/c1-19(2)16-28-27(31)20(3)29(17-21-9-7-12-23(15-21)32-4)26(30)18-33-25-14-8-11-22-10-5-6-13-24(22)25/h5-15,19-20H,16-18H2,1-4H3,(H,28,31)/t20-/m0/s1. The van der Waals surface area contributed by atoms with Crippen molar-refractivity contribution in [2.75, 3.05) is 20.3 Å². The van der Waals surface area contributed by atoms with Crippen LogP contribution in [0.2, 0.25) is 0 Å². The number of amides is 2. The van der Waals surface area contributed by atoms with Crippen LogP contribution in [0.25, 0.3) is 10.8 Å². The highest BCUT2D eigenvalue weighted by atomic mass is 16.5. The minimum Gasteiger partial charge on any atom is -0.497 e. The summed E-state index contributed by atoms with van der Waals surface area (Å²) in [6.45, 7) is 6.46. The summed E-state index contributed by atoms with van der Waals surface area (Å²) in [6, 6.07) is 20.4. The van der Waals surface area contributed by atoms with Gasteiger partial charge in [0.2, 0.25) is 5.91 Å². The molecule has 33 heavy (non-hydrogen) atoms. The topological polar surface area (TPSA) is 67.9 Å². The van der Waals surface area contributed by atoms with Crippen molar-refractivity contribution in [1.82, 2.24) is 10.2 Å². The fraction of sp³-hybridized carbons (Fsp3) is 0.333. The molecule has 3 aromatic carbocycles. The molecule has 0 aliphatic carbocycles. The van der Waals surface area contributed by atoms with E-state index in [4.69, 9.17) is 9.47 Å². The molecule has 3 rings (SSSR count). The van der Waals surface area contributed by atoms with Gasteiger partial charge in [-0.3, -0.25) is 9.59 Å². The van der Waals surface area contributed by atoms with Gasteiger partial charge in [0, 0.05) is 18.5 Å². The number of fused-ring (bicyclic) bond motifs is 1. The second kappa shape index (κ2) is 11.4. The van der Waals surface area contributed by atoms with Gasteiger partial charge in [-0.15, -0.1) is 0 Å². The molecular weight excluding hydrogens is 416 g/mol. The van der Waals surface area contributed by atoms with Crippen molar-refractivity contribution in [2.45, 2.75) is 33.4 Å². The van der Waals surface area contributed by atoms with Crippen LogP contribution in [-0.2, 0) is 16.1 Å². The van der Waals surface area contributed by atoms with Gasteiger partial charge < -0.3 is 19.7 Å². The molecule has 0 unspecified atom stereocenters. The first-order valence-electron chi connectivity index (χ1n) is 11.2. The van der Waals surface area contributed by atoms with Crippen LogP contribution >= 0.6 is 0 Å². The van der Waals surface area contributed by atoms with Crippen LogP contribution in [0.1, 0.15) is 26.3 Å². The highest BCUT2D eigenvalue weighted by molar-refractivity contribution is 5.90. The monoisotopic (exact) mass is 448 g/mol. The Hall–Kier alpha value is -3.54. The maximum Gasteiger partial charge on any atom is 0.261 e. The van der Waals surface area contributed by atoms with Gasteiger partial charge >= 0.3 is 0 Å². The third kappa shape index (κ3) is 6.48. The van der Waals surface area contributed by atoms with E-state index in [1.807, 2.05) is 80.6 Å². The quantitative estimate of drug-likeness (QED) is 0.499. The van der Waals surface area contributed by atoms with E-state index in [9.17, 15) is 9.59 Å². The van der Waals surface area contributed by atoms with Gasteiger partial charge in [0.25, 0.3) is 5.91 Å². The predicted octanol–water partition coefficient (Wildman–Crippen LogP) is 4.42. The number of ether oxygens (including phenoxy) is 2. The summed E-state index contributed by atoms with van der Waals surface area (Å²) in [5.74, 6) is 1.20. The minimum absolute atomic E-state index is 0.167. The summed E-state index contributed by atoms with van der Waals surface area (Å²) in [7, 11) is 1.60. The normalized spacial score (nSPS) is 11.8. The largest absolute Gasteiger partial charge is 0.497 e. The molecule has 0 saturated carbocycles. The number of nitrogens with one attached hydrogen (secondary N) is 1. The Kier molecular flexibility index (Phi) is 8.30. The van der Waals surface area contributed by atoms with E-state index >= 15 is 0 Å². The van der Waals surface area contributed by atoms with Crippen LogP contribution in [0.3, 0.4) is 0 Å². The summed E-state index contributed by atoms with van der Waals surface area (Å²) < 4.78 is 11.2. The Morgan fingerprint density at radius 2 is 1.70 bits per heavy atom. The van der Waals surface area contributed by atoms with Crippen molar-refractivity contribution in [3.05, 3.63) is 72.3 Å². The van der Waals surface area contributed by atoms with Crippen molar-refractivity contribution in [3.8, 4) is 11.5 Å². The SMILES string of the molecule is COc1cccc(CN(C(=O)COc2cccc3ccccc23)[C@@H](C)C(=O)NCC(C)C)c1. The molecule has 6 nitrogen and oxygen atoms in total. The van der Waals surface area contributed by atoms with E-state index in [2.05, 4.69) is 5.32 Å². The van der Waals surface area contributed by atoms with Crippen molar-refractivity contribution >= 4 is 22.6 Å². The van der Waals surface area contributed by atoms with Gasteiger partial charge in [0.1, 0.15) is 17.5 Å². The number of hydrogen-bond acceptors (Lipinski definition) is 4. The molecule has 0 aromatic heterocycles. The van der Waals surface area contributed by atoms with E-state index in [0.29, 0.717) is 24.0 Å². The average molecular weight is 449 g/mol. The number of carbonyl (C=O) groups excluding carboxylic acids is 2. The number of methoxy groups -OCH3 is 1. The van der Waals surface area contributed by atoms with E-state index in [0.717, 1.165) is 16.3 Å². The molecule has 0 heterocycles. The third-order valence-electron chi connectivity index (χ3n) is 5.44. The van der Waals surface area contributed by atoms with Gasteiger partial charge in [0.05, 0.1) is 7.11 Å². The molecule has 0 spiro atoms. The molecule has 1 N–H and O–H groups in total. The summed E-state index contributed by atoms with van der Waals surface area (Å²) >= 11 is 0. The number of rotatable bonds is 10. The molecule has 0 aliphatic rings. The van der Waals surface area contributed by atoms with Crippen LogP contribution in [0.4, 0.5) is 0 Å². The highest BCUT2D eigenvalue weighted by Crippen LogP contribution is 2.25. The zero-order valence-electron chi connectivity index (χ0n) is 19.7. The zero-order chi connectivity index (χ0) is 23.8. The second-order valence-electron chi connectivity index (χ2n) is 8.45. The number of nitrogens with zero attached hydrogens (tertiary/aromatic N) is 1. The molecule has 0 bridgehead atoms. The fourth-order valence-electron chi connectivity index (χ4n) is 3.55. The van der Waals surface area contributed by atoms with Gasteiger partial charge in [0.15, 0.2) is 6.61 Å². The van der Waals surface area contributed by atoms with E-state index in [1.165, 1.54) is 0 Å². The highest BCUT2D eigenvalue weighted by Gasteiger charge is 2.26. The Balaban J connectivity index is 1.79. The molecule has 0 fully saturated rings. The van der Waals surface area contributed by atoms with Crippen LogP contribution < -0.4 is 14.8 Å². The molecule has 174 valence electrons. The summed E-state index contributed by atoms with van der Waals surface area (Å²) in [6.07, 6.45) is 0. The van der Waals surface area contributed by atoms with Gasteiger partial charge in [-0.05, 0) is 42.0 Å². The van der Waals surface area contributed by atoms with Crippen molar-refractivity contribution in [3.63, 3.8) is 0 Å². The van der Waals surface area contributed by atoms with Crippen LogP contribution in [0.15, 0.2) is 66.7 Å². The Labute approximate surface area is 195 Å². The smallest absolute Gasteiger partial charge is 0.261 e. The number of benzene rings is 3. The van der Waals surface area contributed by atoms with E-state index < -0.39 is 6.04 Å². The lowest BCUT2D eigenvalue weighted by Crippen LogP contribution is -2.49. The third-order valence-corrected chi connectivity index (χ3v) is 5.44. The minimum atomic E-state index is -0.654. The van der Waals surface area contributed by atoms with Crippen molar-refractivity contribution in [2.24, 2.45) is 5.92 Å². The molecule has 0 aliphatic heterocycles. The van der Waals surface area contributed by atoms with Crippen molar-refractivity contribution < 1.29 is 19.1 Å². The molecule has 2 amide bonds. The zero-order valence-corrected chi connectivity index (χ0v) is 19.7. The molecule has 6 heteroatoms. The first-order valence-corrected chi connectivity index (χ1v) is 11.2. The molecular formula is C27H32N2O4.